The number of rotatable bonds is 6. The number of carboxylic acid groups (broad SMARTS) is 1. The zero-order valence-electron chi connectivity index (χ0n) is 10.8. The molecule has 2 amide bonds. The monoisotopic (exact) mass is 259 g/mol. The highest BCUT2D eigenvalue weighted by Crippen LogP contribution is 2.12. The smallest absolute Gasteiger partial charge is 0.334 e. The molecule has 0 aromatic heterocycles. The van der Waals surface area contributed by atoms with E-state index in [0.29, 0.717) is 12.5 Å². The molecule has 1 aliphatic heterocycles. The summed E-state index contributed by atoms with van der Waals surface area (Å²) in [5.74, 6) is -0.617. The summed E-state index contributed by atoms with van der Waals surface area (Å²) in [7, 11) is 3.35. The fourth-order valence-corrected chi connectivity index (χ4v) is 1.95. The Hall–Kier alpha value is -1.34. The minimum Gasteiger partial charge on any atom is -0.479 e. The number of hydrogen-bond acceptors (Lipinski definition) is 4. The van der Waals surface area contributed by atoms with Gasteiger partial charge in [0.1, 0.15) is 0 Å². The van der Waals surface area contributed by atoms with Crippen LogP contribution in [0.2, 0.25) is 0 Å². The Morgan fingerprint density at radius 2 is 2.22 bits per heavy atom. The summed E-state index contributed by atoms with van der Waals surface area (Å²) in [6.45, 7) is 2.61. The fourth-order valence-electron chi connectivity index (χ4n) is 1.95. The molecule has 3 N–H and O–H groups in total. The van der Waals surface area contributed by atoms with E-state index >= 15 is 0 Å². The number of ether oxygens (including phenoxy) is 1. The van der Waals surface area contributed by atoms with Crippen LogP contribution in [0.25, 0.3) is 0 Å². The summed E-state index contributed by atoms with van der Waals surface area (Å²) in [5.41, 5.74) is 0. The number of carbonyl (C=O) groups excluding carboxylic acids is 1. The van der Waals surface area contributed by atoms with Crippen molar-refractivity contribution in [1.29, 1.82) is 0 Å². The zero-order chi connectivity index (χ0) is 13.5. The Morgan fingerprint density at radius 1 is 1.50 bits per heavy atom. The lowest BCUT2D eigenvalue weighted by Gasteiger charge is -2.14. The molecule has 1 aliphatic rings. The zero-order valence-corrected chi connectivity index (χ0v) is 10.8. The quantitative estimate of drug-likeness (QED) is 0.589. The highest BCUT2D eigenvalue weighted by Gasteiger charge is 2.20. The second-order valence-electron chi connectivity index (χ2n) is 4.57. The molecular formula is C11H21N3O4. The van der Waals surface area contributed by atoms with Crippen LogP contribution in [0, 0.1) is 5.92 Å². The van der Waals surface area contributed by atoms with Crippen LogP contribution in [0.1, 0.15) is 6.42 Å². The van der Waals surface area contributed by atoms with E-state index in [2.05, 4.69) is 22.6 Å². The predicted molar refractivity (Wildman–Crippen MR) is 65.4 cm³/mol. The normalized spacial score (nSPS) is 21.6. The van der Waals surface area contributed by atoms with Crippen LogP contribution in [0.4, 0.5) is 4.79 Å². The van der Waals surface area contributed by atoms with Crippen LogP contribution in [-0.2, 0) is 9.53 Å². The Balaban J connectivity index is 2.15. The fraction of sp³-hybridized carbons (Fsp3) is 0.818. The first-order valence-electron chi connectivity index (χ1n) is 5.98. The lowest BCUT2D eigenvalue weighted by atomic mass is 10.1. The van der Waals surface area contributed by atoms with Gasteiger partial charge >= 0.3 is 12.0 Å². The predicted octanol–water partition coefficient (Wildman–Crippen LogP) is -0.663. The van der Waals surface area contributed by atoms with Gasteiger partial charge in [-0.25, -0.2) is 9.59 Å². The number of carbonyl (C=O) groups is 2. The average molecular weight is 259 g/mol. The molecule has 0 spiro atoms. The molecule has 1 saturated heterocycles. The van der Waals surface area contributed by atoms with E-state index in [1.807, 2.05) is 0 Å². The number of likely N-dealkylation sites (tertiary alicyclic amines) is 1. The summed E-state index contributed by atoms with van der Waals surface area (Å²) in [5, 5.41) is 13.9. The van der Waals surface area contributed by atoms with E-state index < -0.39 is 12.1 Å². The first-order chi connectivity index (χ1) is 8.52. The van der Waals surface area contributed by atoms with Crippen LogP contribution in [0.3, 0.4) is 0 Å². The first kappa shape index (κ1) is 14.7. The minimum atomic E-state index is -1.09. The van der Waals surface area contributed by atoms with Gasteiger partial charge in [0.25, 0.3) is 0 Å². The van der Waals surface area contributed by atoms with E-state index in [1.165, 1.54) is 7.11 Å². The van der Waals surface area contributed by atoms with Crippen molar-refractivity contribution in [2.24, 2.45) is 5.92 Å². The van der Waals surface area contributed by atoms with E-state index in [0.717, 1.165) is 19.5 Å². The van der Waals surface area contributed by atoms with Crippen molar-refractivity contribution in [3.05, 3.63) is 0 Å². The third-order valence-corrected chi connectivity index (χ3v) is 3.05. The summed E-state index contributed by atoms with van der Waals surface area (Å²) < 4.78 is 4.71. The van der Waals surface area contributed by atoms with Crippen molar-refractivity contribution in [3.8, 4) is 0 Å². The number of aliphatic carboxylic acids is 1. The van der Waals surface area contributed by atoms with Gasteiger partial charge < -0.3 is 25.4 Å². The number of nitrogens with zero attached hydrogens (tertiary/aromatic N) is 1. The molecular weight excluding hydrogens is 238 g/mol. The summed E-state index contributed by atoms with van der Waals surface area (Å²) in [4.78, 5) is 24.3. The Bertz CT molecular complexity index is 298. The van der Waals surface area contributed by atoms with Gasteiger partial charge in [-0.3, -0.25) is 0 Å². The number of methoxy groups -OCH3 is 1. The Kier molecular flexibility index (Phi) is 5.87. The summed E-state index contributed by atoms with van der Waals surface area (Å²) >= 11 is 0. The lowest BCUT2D eigenvalue weighted by Crippen LogP contribution is -2.44. The molecule has 2 unspecified atom stereocenters. The molecule has 7 heteroatoms. The molecule has 7 nitrogen and oxygen atoms in total. The molecule has 0 saturated carbocycles. The molecule has 1 rings (SSSR count). The summed E-state index contributed by atoms with van der Waals surface area (Å²) in [6.07, 6.45) is 0.0698. The number of hydrogen-bond donors (Lipinski definition) is 3. The van der Waals surface area contributed by atoms with Crippen LogP contribution in [0.15, 0.2) is 0 Å². The maximum atomic E-state index is 11.4. The van der Waals surface area contributed by atoms with Crippen LogP contribution >= 0.6 is 0 Å². The van der Waals surface area contributed by atoms with E-state index in [-0.39, 0.29) is 12.6 Å². The van der Waals surface area contributed by atoms with Crippen LogP contribution in [0.5, 0.6) is 0 Å². The van der Waals surface area contributed by atoms with Crippen molar-refractivity contribution in [2.75, 3.05) is 40.3 Å². The number of nitrogens with one attached hydrogen (secondary N) is 2. The van der Waals surface area contributed by atoms with Crippen LogP contribution in [-0.4, -0.2) is 68.4 Å². The van der Waals surface area contributed by atoms with Gasteiger partial charge in [0.05, 0.1) is 6.54 Å². The lowest BCUT2D eigenvalue weighted by molar-refractivity contribution is -0.147. The highest BCUT2D eigenvalue weighted by atomic mass is 16.5. The topological polar surface area (TPSA) is 90.9 Å². The Labute approximate surface area is 106 Å². The van der Waals surface area contributed by atoms with Crippen LogP contribution < -0.4 is 10.6 Å². The molecule has 1 fully saturated rings. The average Bonchev–Trinajstić information content (AvgIpc) is 2.73. The molecule has 0 aliphatic carbocycles. The first-order valence-corrected chi connectivity index (χ1v) is 5.98. The van der Waals surface area contributed by atoms with E-state index in [4.69, 9.17) is 9.84 Å². The van der Waals surface area contributed by atoms with Gasteiger partial charge in [-0.15, -0.1) is 0 Å². The van der Waals surface area contributed by atoms with Gasteiger partial charge in [0.15, 0.2) is 6.10 Å². The molecule has 104 valence electrons. The van der Waals surface area contributed by atoms with Crippen molar-refractivity contribution >= 4 is 12.0 Å². The van der Waals surface area contributed by atoms with Gasteiger partial charge in [0.2, 0.25) is 0 Å². The van der Waals surface area contributed by atoms with E-state index in [9.17, 15) is 9.59 Å². The van der Waals surface area contributed by atoms with Crippen molar-refractivity contribution in [2.45, 2.75) is 12.5 Å². The van der Waals surface area contributed by atoms with Gasteiger partial charge in [0, 0.05) is 20.2 Å². The number of urea groups is 1. The second-order valence-corrected chi connectivity index (χ2v) is 4.57. The van der Waals surface area contributed by atoms with Gasteiger partial charge in [-0.2, -0.15) is 0 Å². The molecule has 18 heavy (non-hydrogen) atoms. The molecule has 0 aromatic carbocycles. The SMILES string of the molecule is COC(CNC(=O)NCC1CCN(C)C1)C(=O)O. The number of carboxylic acids is 1. The molecule has 2 atom stereocenters. The van der Waals surface area contributed by atoms with Gasteiger partial charge in [-0.05, 0) is 25.9 Å². The van der Waals surface area contributed by atoms with Gasteiger partial charge in [-0.1, -0.05) is 0 Å². The summed E-state index contributed by atoms with van der Waals surface area (Å²) in [6, 6.07) is -0.354. The molecule has 1 heterocycles. The molecule has 0 bridgehead atoms. The highest BCUT2D eigenvalue weighted by molar-refractivity contribution is 5.76. The second kappa shape index (κ2) is 7.17. The van der Waals surface area contributed by atoms with Crippen molar-refractivity contribution in [1.82, 2.24) is 15.5 Å². The Morgan fingerprint density at radius 3 is 2.72 bits per heavy atom. The molecule has 0 aromatic rings. The van der Waals surface area contributed by atoms with Crippen molar-refractivity contribution in [3.63, 3.8) is 0 Å². The third-order valence-electron chi connectivity index (χ3n) is 3.05. The largest absolute Gasteiger partial charge is 0.479 e. The standard InChI is InChI=1S/C11H21N3O4/c1-14-4-3-8(7-14)5-12-11(17)13-6-9(18-2)10(15)16/h8-9H,3-7H2,1-2H3,(H,15,16)(H2,12,13,17). The maximum Gasteiger partial charge on any atom is 0.334 e. The third kappa shape index (κ3) is 4.89. The number of amides is 2. The van der Waals surface area contributed by atoms with Crippen molar-refractivity contribution < 1.29 is 19.4 Å². The minimum absolute atomic E-state index is 0.0394. The maximum absolute atomic E-state index is 11.4. The van der Waals surface area contributed by atoms with E-state index in [1.54, 1.807) is 0 Å². The molecule has 0 radical (unpaired) electrons.